The van der Waals surface area contributed by atoms with Gasteiger partial charge in [-0.25, -0.2) is 4.98 Å². The van der Waals surface area contributed by atoms with Crippen LogP contribution in [0.25, 0.3) is 0 Å². The number of benzene rings is 1. The molecule has 0 aliphatic rings. The molecule has 5 nitrogen and oxygen atoms in total. The Balaban J connectivity index is 1.70. The van der Waals surface area contributed by atoms with Gasteiger partial charge in [0.15, 0.2) is 0 Å². The van der Waals surface area contributed by atoms with Crippen molar-refractivity contribution < 1.29 is 13.9 Å². The number of aromatic nitrogens is 1. The lowest BCUT2D eigenvalue weighted by Gasteiger charge is -2.07. The van der Waals surface area contributed by atoms with Crippen molar-refractivity contribution in [3.63, 3.8) is 0 Å². The first kappa shape index (κ1) is 17.2. The molecule has 1 aromatic carbocycles. The van der Waals surface area contributed by atoms with Crippen molar-refractivity contribution in [3.8, 4) is 11.6 Å². The minimum atomic E-state index is -0.254. The first-order valence-corrected chi connectivity index (χ1v) is 8.51. The Labute approximate surface area is 154 Å². The van der Waals surface area contributed by atoms with Crippen molar-refractivity contribution >= 4 is 27.5 Å². The molecule has 0 bridgehead atoms. The molecule has 0 aliphatic carbocycles. The van der Waals surface area contributed by atoms with E-state index < -0.39 is 0 Å². The van der Waals surface area contributed by atoms with Gasteiger partial charge in [-0.3, -0.25) is 4.79 Å². The second-order valence-electron chi connectivity index (χ2n) is 5.66. The Hall–Kier alpha value is -2.60. The Kier molecular flexibility index (Phi) is 4.90. The van der Waals surface area contributed by atoms with Crippen LogP contribution in [0.1, 0.15) is 27.4 Å². The zero-order valence-corrected chi connectivity index (χ0v) is 15.7. The number of hydrogen-bond acceptors (Lipinski definition) is 4. The van der Waals surface area contributed by atoms with Gasteiger partial charge in [0.05, 0.1) is 21.9 Å². The average molecular weight is 401 g/mol. The van der Waals surface area contributed by atoms with E-state index in [0.717, 1.165) is 5.56 Å². The van der Waals surface area contributed by atoms with Crippen molar-refractivity contribution in [1.82, 2.24) is 4.98 Å². The highest BCUT2D eigenvalue weighted by molar-refractivity contribution is 9.10. The zero-order valence-electron chi connectivity index (χ0n) is 14.1. The van der Waals surface area contributed by atoms with Crippen LogP contribution in [-0.2, 0) is 0 Å². The second-order valence-corrected chi connectivity index (χ2v) is 6.45. The minimum absolute atomic E-state index is 0.254. The maximum atomic E-state index is 12.4. The Bertz CT molecular complexity index is 900. The molecular weight excluding hydrogens is 384 g/mol. The maximum absolute atomic E-state index is 12.4. The summed E-state index contributed by atoms with van der Waals surface area (Å²) in [5.41, 5.74) is 2.22. The van der Waals surface area contributed by atoms with Crippen LogP contribution >= 0.6 is 15.9 Å². The molecule has 0 atom stereocenters. The van der Waals surface area contributed by atoms with E-state index in [1.807, 2.05) is 31.2 Å². The van der Waals surface area contributed by atoms with E-state index in [-0.39, 0.29) is 5.91 Å². The summed E-state index contributed by atoms with van der Waals surface area (Å²) in [5, 5.41) is 2.80. The third-order valence-electron chi connectivity index (χ3n) is 3.65. The summed E-state index contributed by atoms with van der Waals surface area (Å²) in [6.45, 7) is 5.57. The number of nitrogens with one attached hydrogen (secondary N) is 1. The van der Waals surface area contributed by atoms with Gasteiger partial charge in [0.1, 0.15) is 17.3 Å². The third kappa shape index (κ3) is 3.91. The molecular formula is C19H17BrN2O3. The normalized spacial score (nSPS) is 10.6. The van der Waals surface area contributed by atoms with E-state index in [0.29, 0.717) is 38.9 Å². The molecule has 3 rings (SSSR count). The third-order valence-corrected chi connectivity index (χ3v) is 4.61. The van der Waals surface area contributed by atoms with Crippen molar-refractivity contribution in [2.45, 2.75) is 20.8 Å². The standard InChI is InChI=1S/C19H17BrN2O3/c1-11-4-7-15(8-5-11)25-16-9-6-14(10-21-16)22-19(23)17-12(2)24-13(3)18(17)20/h4-10H,1-3H3,(H,22,23). The number of carbonyl (C=O) groups excluding carboxylic acids is 1. The highest BCUT2D eigenvalue weighted by atomic mass is 79.9. The maximum Gasteiger partial charge on any atom is 0.260 e. The van der Waals surface area contributed by atoms with Crippen LogP contribution in [0.2, 0.25) is 0 Å². The molecule has 0 radical (unpaired) electrons. The fourth-order valence-electron chi connectivity index (χ4n) is 2.35. The number of rotatable bonds is 4. The summed E-state index contributed by atoms with van der Waals surface area (Å²) in [5.74, 6) is 2.15. The number of anilines is 1. The lowest BCUT2D eigenvalue weighted by Crippen LogP contribution is -2.13. The van der Waals surface area contributed by atoms with Gasteiger partial charge in [-0.05, 0) is 54.9 Å². The van der Waals surface area contributed by atoms with Crippen molar-refractivity contribution in [2.75, 3.05) is 5.32 Å². The zero-order chi connectivity index (χ0) is 18.0. The predicted molar refractivity (Wildman–Crippen MR) is 99.3 cm³/mol. The number of halogens is 1. The van der Waals surface area contributed by atoms with Gasteiger partial charge >= 0.3 is 0 Å². The summed E-state index contributed by atoms with van der Waals surface area (Å²) in [7, 11) is 0. The molecule has 0 unspecified atom stereocenters. The molecule has 0 saturated carbocycles. The van der Waals surface area contributed by atoms with Gasteiger partial charge < -0.3 is 14.5 Å². The fourth-order valence-corrected chi connectivity index (χ4v) is 2.89. The van der Waals surface area contributed by atoms with Crippen LogP contribution in [0.4, 0.5) is 5.69 Å². The van der Waals surface area contributed by atoms with E-state index >= 15 is 0 Å². The predicted octanol–water partition coefficient (Wildman–Crippen LogP) is 5.41. The van der Waals surface area contributed by atoms with Gasteiger partial charge in [0.25, 0.3) is 5.91 Å². The Morgan fingerprint density at radius 2 is 1.80 bits per heavy atom. The number of pyridine rings is 1. The quantitative estimate of drug-likeness (QED) is 0.635. The van der Waals surface area contributed by atoms with Crippen molar-refractivity contribution in [1.29, 1.82) is 0 Å². The fraction of sp³-hybridized carbons (Fsp3) is 0.158. The van der Waals surface area contributed by atoms with Crippen molar-refractivity contribution in [3.05, 3.63) is 69.7 Å². The largest absolute Gasteiger partial charge is 0.465 e. The molecule has 6 heteroatoms. The molecule has 2 heterocycles. The lowest BCUT2D eigenvalue weighted by molar-refractivity contribution is 0.102. The molecule has 0 spiro atoms. The number of aryl methyl sites for hydroxylation is 3. The van der Waals surface area contributed by atoms with E-state index in [2.05, 4.69) is 26.2 Å². The molecule has 1 amide bonds. The van der Waals surface area contributed by atoms with Crippen LogP contribution in [0, 0.1) is 20.8 Å². The molecule has 2 aromatic heterocycles. The Morgan fingerprint density at radius 3 is 2.36 bits per heavy atom. The minimum Gasteiger partial charge on any atom is -0.465 e. The molecule has 0 saturated heterocycles. The average Bonchev–Trinajstić information content (AvgIpc) is 2.84. The van der Waals surface area contributed by atoms with E-state index in [1.54, 1.807) is 32.2 Å². The number of ether oxygens (including phenoxy) is 1. The number of amides is 1. The van der Waals surface area contributed by atoms with Gasteiger partial charge in [0.2, 0.25) is 5.88 Å². The molecule has 1 N–H and O–H groups in total. The summed E-state index contributed by atoms with van der Waals surface area (Å²) in [4.78, 5) is 16.6. The summed E-state index contributed by atoms with van der Waals surface area (Å²) in [6, 6.07) is 11.2. The lowest BCUT2D eigenvalue weighted by atomic mass is 10.2. The van der Waals surface area contributed by atoms with E-state index in [4.69, 9.17) is 9.15 Å². The summed E-state index contributed by atoms with van der Waals surface area (Å²) in [6.07, 6.45) is 1.55. The van der Waals surface area contributed by atoms with E-state index in [9.17, 15) is 4.79 Å². The first-order chi connectivity index (χ1) is 11.9. The highest BCUT2D eigenvalue weighted by Crippen LogP contribution is 2.28. The van der Waals surface area contributed by atoms with Crippen LogP contribution in [-0.4, -0.2) is 10.9 Å². The van der Waals surface area contributed by atoms with Gasteiger partial charge in [-0.2, -0.15) is 0 Å². The second kappa shape index (κ2) is 7.11. The van der Waals surface area contributed by atoms with Crippen LogP contribution in [0.5, 0.6) is 11.6 Å². The highest BCUT2D eigenvalue weighted by Gasteiger charge is 2.20. The summed E-state index contributed by atoms with van der Waals surface area (Å²) < 4.78 is 11.8. The smallest absolute Gasteiger partial charge is 0.260 e. The van der Waals surface area contributed by atoms with E-state index in [1.165, 1.54) is 0 Å². The number of hydrogen-bond donors (Lipinski definition) is 1. The van der Waals surface area contributed by atoms with Crippen molar-refractivity contribution in [2.24, 2.45) is 0 Å². The number of carbonyl (C=O) groups is 1. The number of furan rings is 1. The van der Waals surface area contributed by atoms with Gasteiger partial charge in [-0.1, -0.05) is 17.7 Å². The monoisotopic (exact) mass is 400 g/mol. The van der Waals surface area contributed by atoms with Crippen LogP contribution in [0.3, 0.4) is 0 Å². The van der Waals surface area contributed by atoms with Crippen LogP contribution < -0.4 is 10.1 Å². The molecule has 0 aliphatic heterocycles. The molecule has 128 valence electrons. The molecule has 0 fully saturated rings. The SMILES string of the molecule is Cc1ccc(Oc2ccc(NC(=O)c3c(C)oc(C)c3Br)cn2)cc1. The first-order valence-electron chi connectivity index (χ1n) is 7.71. The Morgan fingerprint density at radius 1 is 1.08 bits per heavy atom. The van der Waals surface area contributed by atoms with Gasteiger partial charge in [0, 0.05) is 6.07 Å². The van der Waals surface area contributed by atoms with Crippen LogP contribution in [0.15, 0.2) is 51.5 Å². The number of nitrogens with zero attached hydrogens (tertiary/aromatic N) is 1. The summed E-state index contributed by atoms with van der Waals surface area (Å²) >= 11 is 3.38. The topological polar surface area (TPSA) is 64.4 Å². The molecule has 3 aromatic rings. The van der Waals surface area contributed by atoms with Gasteiger partial charge in [-0.15, -0.1) is 0 Å². The molecule has 25 heavy (non-hydrogen) atoms.